The Labute approximate surface area is 287 Å². The van der Waals surface area contributed by atoms with Crippen molar-refractivity contribution in [2.24, 2.45) is 5.92 Å². The number of nitrogens with zero attached hydrogens (tertiary/aromatic N) is 1. The van der Waals surface area contributed by atoms with Gasteiger partial charge < -0.3 is 49.4 Å². The topological polar surface area (TPSA) is 175 Å². The third kappa shape index (κ3) is 4.87. The molecule has 3 aromatic carbocycles. The van der Waals surface area contributed by atoms with E-state index < -0.39 is 49.2 Å². The van der Waals surface area contributed by atoms with Gasteiger partial charge in [0.1, 0.15) is 35.6 Å². The molecule has 7 unspecified atom stereocenters. The summed E-state index contributed by atoms with van der Waals surface area (Å²) in [5.74, 6) is 2.14. The lowest BCUT2D eigenvalue weighted by Gasteiger charge is -2.47. The highest BCUT2D eigenvalue weighted by Gasteiger charge is 2.58. The van der Waals surface area contributed by atoms with Crippen LogP contribution >= 0.6 is 0 Å². The van der Waals surface area contributed by atoms with Gasteiger partial charge in [-0.2, -0.15) is 0 Å². The van der Waals surface area contributed by atoms with Crippen molar-refractivity contribution < 1.29 is 54.1 Å². The van der Waals surface area contributed by atoms with Crippen LogP contribution < -0.4 is 9.47 Å². The molecule has 50 heavy (non-hydrogen) atoms. The Morgan fingerprint density at radius 2 is 1.98 bits per heavy atom. The summed E-state index contributed by atoms with van der Waals surface area (Å²) in [5.41, 5.74) is 0.952. The Bertz CT molecular complexity index is 2010. The fourth-order valence-corrected chi connectivity index (χ4v) is 8.39. The van der Waals surface area contributed by atoms with Gasteiger partial charge in [-0.1, -0.05) is 36.6 Å². The number of ether oxygens (including phenoxy) is 4. The lowest BCUT2D eigenvalue weighted by Crippen LogP contribution is -2.70. The van der Waals surface area contributed by atoms with E-state index in [4.69, 9.17) is 18.9 Å². The molecular formula is C38H37NO11. The number of carbonyl (C=O) groups is 2. The molecule has 0 spiro atoms. The van der Waals surface area contributed by atoms with Crippen LogP contribution in [0.15, 0.2) is 36.4 Å². The third-order valence-electron chi connectivity index (χ3n) is 10.9. The second-order valence-corrected chi connectivity index (χ2v) is 13.6. The Morgan fingerprint density at radius 1 is 1.14 bits per heavy atom. The highest BCUT2D eigenvalue weighted by Crippen LogP contribution is 2.53. The summed E-state index contributed by atoms with van der Waals surface area (Å²) in [6.45, 7) is -1.83. The highest BCUT2D eigenvalue weighted by atomic mass is 16.7. The van der Waals surface area contributed by atoms with Crippen LogP contribution in [-0.2, 0) is 22.4 Å². The number of benzene rings is 3. The summed E-state index contributed by atoms with van der Waals surface area (Å²) in [7, 11) is 1.46. The zero-order valence-electron chi connectivity index (χ0n) is 27.3. The van der Waals surface area contributed by atoms with E-state index in [0.717, 1.165) is 24.8 Å². The fourth-order valence-electron chi connectivity index (χ4n) is 8.39. The van der Waals surface area contributed by atoms with Gasteiger partial charge in [-0.05, 0) is 59.1 Å². The summed E-state index contributed by atoms with van der Waals surface area (Å²) in [6, 6.07) is 8.43. The van der Waals surface area contributed by atoms with Crippen molar-refractivity contribution in [1.82, 2.24) is 4.90 Å². The van der Waals surface area contributed by atoms with Gasteiger partial charge in [-0.15, -0.1) is 0 Å². The van der Waals surface area contributed by atoms with Crippen molar-refractivity contribution >= 4 is 28.5 Å². The summed E-state index contributed by atoms with van der Waals surface area (Å²) < 4.78 is 23.5. The number of Topliss-reactive ketones (excluding diaryl/α,β-unsaturated/α-hetero) is 1. The van der Waals surface area contributed by atoms with Crippen LogP contribution in [0.3, 0.4) is 0 Å². The normalized spacial score (nSPS) is 29.7. The first-order valence-electron chi connectivity index (χ1n) is 16.8. The predicted octanol–water partition coefficient (Wildman–Crippen LogP) is 2.39. The molecule has 2 fully saturated rings. The standard InChI is InChI=1S/C38H37NO11/c1-47-21-13-25-23-11-10-20-6-2-8-22(20)30(23)32-27(42)16-39-15-26-19(5-3-9-24(26)36(39)45)7-4-12-48-35-33(43)29(17-40)50-37(38(35,46)18-41)49-28(14-21)31(25)34(32)44/h3,5,9-11,13-14,20,22,29,33,35,37,40-41,43-44,46H,2,6-8,15-18H2,1H3. The van der Waals surface area contributed by atoms with Gasteiger partial charge >= 0.3 is 0 Å². The zero-order valence-corrected chi connectivity index (χ0v) is 27.3. The minimum Gasteiger partial charge on any atom is -0.506 e. The van der Waals surface area contributed by atoms with E-state index in [0.29, 0.717) is 33.4 Å². The molecule has 3 aliphatic heterocycles. The van der Waals surface area contributed by atoms with Gasteiger partial charge in [0, 0.05) is 30.0 Å². The Kier molecular flexibility index (Phi) is 8.01. The largest absolute Gasteiger partial charge is 0.506 e. The number of aliphatic hydroxyl groups is 4. The van der Waals surface area contributed by atoms with E-state index in [-0.39, 0.29) is 59.7 Å². The van der Waals surface area contributed by atoms with Gasteiger partial charge in [0.15, 0.2) is 17.5 Å². The molecule has 0 aromatic heterocycles. The van der Waals surface area contributed by atoms with E-state index >= 15 is 0 Å². The first kappa shape index (κ1) is 32.6. The Balaban J connectivity index is 1.38. The van der Waals surface area contributed by atoms with Gasteiger partial charge in [0.2, 0.25) is 6.29 Å². The lowest BCUT2D eigenvalue weighted by atomic mass is 9.76. The monoisotopic (exact) mass is 683 g/mol. The molecular weight excluding hydrogens is 646 g/mol. The van der Waals surface area contributed by atoms with Crippen LogP contribution in [0.5, 0.6) is 17.2 Å². The first-order valence-corrected chi connectivity index (χ1v) is 16.8. The number of methoxy groups -OCH3 is 1. The number of carbonyl (C=O) groups excluding carboxylic acids is 2. The van der Waals surface area contributed by atoms with E-state index in [2.05, 4.69) is 18.1 Å². The van der Waals surface area contributed by atoms with Crippen molar-refractivity contribution in [2.75, 3.05) is 26.9 Å². The van der Waals surface area contributed by atoms with E-state index in [9.17, 15) is 35.1 Å². The van der Waals surface area contributed by atoms with Gasteiger partial charge in [0.05, 0.1) is 37.8 Å². The molecule has 8 rings (SSSR count). The zero-order chi connectivity index (χ0) is 34.9. The summed E-state index contributed by atoms with van der Waals surface area (Å²) in [5, 5.41) is 56.6. The molecule has 1 saturated heterocycles. The van der Waals surface area contributed by atoms with Crippen molar-refractivity contribution in [3.63, 3.8) is 0 Å². The van der Waals surface area contributed by atoms with Crippen molar-refractivity contribution in [1.29, 1.82) is 0 Å². The molecule has 12 heteroatoms. The molecule has 1 amide bonds. The molecule has 3 heterocycles. The quantitative estimate of drug-likeness (QED) is 0.257. The molecule has 7 atom stereocenters. The van der Waals surface area contributed by atoms with Crippen molar-refractivity contribution in [3.05, 3.63) is 69.8 Å². The third-order valence-corrected chi connectivity index (χ3v) is 10.9. The maximum atomic E-state index is 14.5. The van der Waals surface area contributed by atoms with Crippen LogP contribution in [0.4, 0.5) is 0 Å². The second kappa shape index (κ2) is 12.3. The van der Waals surface area contributed by atoms with Gasteiger partial charge in [-0.25, -0.2) is 0 Å². The smallest absolute Gasteiger partial charge is 0.254 e. The minimum absolute atomic E-state index is 0.0415. The number of hydrogen-bond donors (Lipinski definition) is 5. The van der Waals surface area contributed by atoms with Crippen LogP contribution in [-0.4, -0.2) is 99.2 Å². The van der Waals surface area contributed by atoms with Crippen molar-refractivity contribution in [3.8, 4) is 29.3 Å². The molecule has 5 N–H and O–H groups in total. The van der Waals surface area contributed by atoms with E-state index in [1.54, 1.807) is 18.2 Å². The predicted molar refractivity (Wildman–Crippen MR) is 178 cm³/mol. The van der Waals surface area contributed by atoms with Crippen LogP contribution in [0, 0.1) is 17.9 Å². The number of allylic oxidation sites excluding steroid dienone is 1. The molecule has 0 radical (unpaired) electrons. The summed E-state index contributed by atoms with van der Waals surface area (Å²) in [6.07, 6.45) is 3.06. The number of aromatic hydroxyl groups is 1. The number of fused-ring (bicyclic) bond motifs is 9. The lowest BCUT2D eigenvalue weighted by molar-refractivity contribution is -0.326. The summed E-state index contributed by atoms with van der Waals surface area (Å²) in [4.78, 5) is 29.7. The van der Waals surface area contributed by atoms with Crippen LogP contribution in [0.1, 0.15) is 68.2 Å². The van der Waals surface area contributed by atoms with Crippen molar-refractivity contribution in [2.45, 2.75) is 68.3 Å². The number of rotatable bonds is 3. The number of amides is 1. The molecule has 6 bridgehead atoms. The minimum atomic E-state index is -2.43. The summed E-state index contributed by atoms with van der Waals surface area (Å²) >= 11 is 0. The second-order valence-electron chi connectivity index (χ2n) is 13.6. The van der Waals surface area contributed by atoms with Crippen LogP contribution in [0.25, 0.3) is 16.8 Å². The van der Waals surface area contributed by atoms with E-state index in [1.807, 2.05) is 12.1 Å². The average Bonchev–Trinajstić information content (AvgIpc) is 3.73. The number of phenols is 1. The first-order chi connectivity index (χ1) is 24.2. The molecule has 2 aliphatic carbocycles. The molecule has 1 saturated carbocycles. The maximum absolute atomic E-state index is 14.5. The Hall–Kier alpha value is -4.64. The molecule has 12 nitrogen and oxygen atoms in total. The average molecular weight is 684 g/mol. The Morgan fingerprint density at radius 3 is 2.76 bits per heavy atom. The molecule has 3 aromatic rings. The highest BCUT2D eigenvalue weighted by molar-refractivity contribution is 6.13. The molecule has 260 valence electrons. The maximum Gasteiger partial charge on any atom is 0.254 e. The fraction of sp³-hybridized carbons (Fsp3) is 0.421. The number of ketones is 1. The SMILES string of the molecule is COc1cc2c3c(O)c(c4c(c3c1)C=CC1CCCC41)C(=O)CN1Cc3c(cccc3C1=O)CC#COC1C(O)C(CO)OC(O2)C1(O)CO. The van der Waals surface area contributed by atoms with E-state index in [1.165, 1.54) is 18.1 Å². The van der Waals surface area contributed by atoms with Gasteiger partial charge in [0.25, 0.3) is 5.91 Å². The number of aliphatic hydroxyl groups excluding tert-OH is 3. The molecule has 5 aliphatic rings. The van der Waals surface area contributed by atoms with Crippen LogP contribution in [0.2, 0.25) is 0 Å². The number of phenolic OH excluding ortho intramolecular Hbond substituents is 1. The van der Waals surface area contributed by atoms with Gasteiger partial charge in [-0.3, -0.25) is 9.59 Å². The number of hydrogen-bond acceptors (Lipinski definition) is 11.